The third-order valence-electron chi connectivity index (χ3n) is 3.85. The number of carbonyl (C=O) groups is 1. The highest BCUT2D eigenvalue weighted by Gasteiger charge is 2.10. The first-order valence-corrected chi connectivity index (χ1v) is 8.40. The zero-order chi connectivity index (χ0) is 16.2. The summed E-state index contributed by atoms with van der Waals surface area (Å²) in [6, 6.07) is 14.0. The summed E-state index contributed by atoms with van der Waals surface area (Å²) < 4.78 is 1.09. The van der Waals surface area contributed by atoms with Gasteiger partial charge in [-0.25, -0.2) is 9.78 Å². The van der Waals surface area contributed by atoms with Crippen molar-refractivity contribution in [1.82, 2.24) is 10.3 Å². The second-order valence-electron chi connectivity index (χ2n) is 5.49. The van der Waals surface area contributed by atoms with Gasteiger partial charge in [-0.1, -0.05) is 47.7 Å². The minimum Gasteiger partial charge on any atom is -0.337 e. The van der Waals surface area contributed by atoms with Gasteiger partial charge in [-0.3, -0.25) is 5.32 Å². The Balaban J connectivity index is 1.58. The number of nitrogens with zero attached hydrogens (tertiary/aromatic N) is 1. The van der Waals surface area contributed by atoms with Crippen LogP contribution in [-0.2, 0) is 6.42 Å². The number of carbonyl (C=O) groups excluding carboxylic acids is 1. The zero-order valence-electron chi connectivity index (χ0n) is 13.2. The molecule has 1 heterocycles. The molecule has 23 heavy (non-hydrogen) atoms. The number of benzene rings is 2. The van der Waals surface area contributed by atoms with Gasteiger partial charge >= 0.3 is 6.03 Å². The minimum atomic E-state index is -0.214. The molecule has 0 radical (unpaired) electrons. The van der Waals surface area contributed by atoms with Gasteiger partial charge in [0.2, 0.25) is 0 Å². The largest absolute Gasteiger partial charge is 0.337 e. The molecule has 118 valence electrons. The van der Waals surface area contributed by atoms with E-state index in [-0.39, 0.29) is 6.03 Å². The molecule has 0 spiro atoms. The van der Waals surface area contributed by atoms with Crippen molar-refractivity contribution in [3.63, 3.8) is 0 Å². The molecule has 0 fully saturated rings. The van der Waals surface area contributed by atoms with Gasteiger partial charge in [0, 0.05) is 6.54 Å². The van der Waals surface area contributed by atoms with Gasteiger partial charge in [0.15, 0.2) is 5.13 Å². The highest BCUT2D eigenvalue weighted by Crippen LogP contribution is 2.29. The van der Waals surface area contributed by atoms with Crippen LogP contribution in [0.4, 0.5) is 9.93 Å². The van der Waals surface area contributed by atoms with Crippen LogP contribution >= 0.6 is 11.3 Å². The predicted octanol–water partition coefficient (Wildman–Crippen LogP) is 4.28. The van der Waals surface area contributed by atoms with Gasteiger partial charge in [0.1, 0.15) is 0 Å². The molecule has 2 N–H and O–H groups in total. The molecule has 0 aliphatic rings. The summed E-state index contributed by atoms with van der Waals surface area (Å²) in [7, 11) is 0. The van der Waals surface area contributed by atoms with Crippen LogP contribution in [0.25, 0.3) is 10.2 Å². The number of nitrogens with one attached hydrogen (secondary N) is 2. The van der Waals surface area contributed by atoms with Gasteiger partial charge in [-0.05, 0) is 43.0 Å². The lowest BCUT2D eigenvalue weighted by Gasteiger charge is -2.05. The zero-order valence-corrected chi connectivity index (χ0v) is 14.0. The second kappa shape index (κ2) is 6.79. The summed E-state index contributed by atoms with van der Waals surface area (Å²) >= 11 is 1.50. The molecule has 0 saturated heterocycles. The number of anilines is 1. The van der Waals surface area contributed by atoms with Crippen LogP contribution in [-0.4, -0.2) is 17.6 Å². The summed E-state index contributed by atoms with van der Waals surface area (Å²) in [5.41, 5.74) is 4.55. The van der Waals surface area contributed by atoms with Gasteiger partial charge in [-0.15, -0.1) is 0 Å². The predicted molar refractivity (Wildman–Crippen MR) is 96.3 cm³/mol. The Morgan fingerprint density at radius 1 is 1.13 bits per heavy atom. The summed E-state index contributed by atoms with van der Waals surface area (Å²) in [6.07, 6.45) is 0.812. The number of amides is 2. The van der Waals surface area contributed by atoms with E-state index in [1.807, 2.05) is 24.3 Å². The molecule has 1 aromatic heterocycles. The number of urea groups is 1. The maximum Gasteiger partial charge on any atom is 0.321 e. The van der Waals surface area contributed by atoms with Gasteiger partial charge < -0.3 is 5.32 Å². The van der Waals surface area contributed by atoms with Crippen LogP contribution in [0.2, 0.25) is 0 Å². The highest BCUT2D eigenvalue weighted by molar-refractivity contribution is 7.22. The Morgan fingerprint density at radius 2 is 1.91 bits per heavy atom. The van der Waals surface area contributed by atoms with E-state index in [4.69, 9.17) is 0 Å². The van der Waals surface area contributed by atoms with E-state index in [9.17, 15) is 4.79 Å². The fourth-order valence-corrected chi connectivity index (χ4v) is 3.31. The maximum absolute atomic E-state index is 12.0. The number of thiazole rings is 1. The molecule has 2 amide bonds. The summed E-state index contributed by atoms with van der Waals surface area (Å²) in [6.45, 7) is 4.72. The first-order chi connectivity index (χ1) is 11.1. The molecule has 0 unspecified atom stereocenters. The van der Waals surface area contributed by atoms with Crippen molar-refractivity contribution in [3.05, 3.63) is 59.2 Å². The molecule has 0 bridgehead atoms. The Hall–Kier alpha value is -2.40. The van der Waals surface area contributed by atoms with Crippen LogP contribution in [0.5, 0.6) is 0 Å². The van der Waals surface area contributed by atoms with E-state index < -0.39 is 0 Å². The molecule has 5 heteroatoms. The van der Waals surface area contributed by atoms with Crippen molar-refractivity contribution in [1.29, 1.82) is 0 Å². The lowest BCUT2D eigenvalue weighted by molar-refractivity contribution is 0.252. The molecule has 0 atom stereocenters. The van der Waals surface area contributed by atoms with Crippen LogP contribution in [0.1, 0.15) is 16.7 Å². The Labute approximate surface area is 139 Å². The summed E-state index contributed by atoms with van der Waals surface area (Å²) in [4.78, 5) is 16.5. The van der Waals surface area contributed by atoms with Crippen molar-refractivity contribution < 1.29 is 4.79 Å². The number of hydrogen-bond acceptors (Lipinski definition) is 3. The molecular weight excluding hydrogens is 306 g/mol. The molecule has 0 saturated carbocycles. The lowest BCUT2D eigenvalue weighted by Crippen LogP contribution is -2.30. The molecule has 0 aliphatic heterocycles. The number of aryl methyl sites for hydroxylation is 2. The fraction of sp³-hybridized carbons (Fsp3) is 0.222. The normalized spacial score (nSPS) is 10.7. The molecule has 3 aromatic rings. The first kappa shape index (κ1) is 15.5. The van der Waals surface area contributed by atoms with Gasteiger partial charge in [-0.2, -0.15) is 0 Å². The van der Waals surface area contributed by atoms with E-state index in [2.05, 4.69) is 47.7 Å². The van der Waals surface area contributed by atoms with Crippen molar-refractivity contribution in [2.45, 2.75) is 20.3 Å². The molecule has 2 aromatic carbocycles. The Kier molecular flexibility index (Phi) is 4.57. The average molecular weight is 325 g/mol. The standard InChI is InChI=1S/C18H19N3OS/c1-12-8-9-15-16(13(12)2)20-18(23-15)21-17(22)19-11-10-14-6-4-3-5-7-14/h3-9H,10-11H2,1-2H3,(H2,19,20,21,22). The number of rotatable bonds is 4. The van der Waals surface area contributed by atoms with Crippen molar-refractivity contribution in [2.75, 3.05) is 11.9 Å². The van der Waals surface area contributed by atoms with Crippen molar-refractivity contribution in [3.8, 4) is 0 Å². The van der Waals surface area contributed by atoms with Crippen LogP contribution < -0.4 is 10.6 Å². The van der Waals surface area contributed by atoms with E-state index >= 15 is 0 Å². The monoisotopic (exact) mass is 325 g/mol. The maximum atomic E-state index is 12.0. The minimum absolute atomic E-state index is 0.214. The Morgan fingerprint density at radius 3 is 2.70 bits per heavy atom. The van der Waals surface area contributed by atoms with Crippen LogP contribution in [0, 0.1) is 13.8 Å². The first-order valence-electron chi connectivity index (χ1n) is 7.59. The quantitative estimate of drug-likeness (QED) is 0.752. The van der Waals surface area contributed by atoms with E-state index in [0.717, 1.165) is 22.2 Å². The molecule has 0 aliphatic carbocycles. The number of hydrogen-bond donors (Lipinski definition) is 2. The number of aromatic nitrogens is 1. The second-order valence-corrected chi connectivity index (χ2v) is 6.52. The van der Waals surface area contributed by atoms with Gasteiger partial charge in [0.25, 0.3) is 0 Å². The summed E-state index contributed by atoms with van der Waals surface area (Å²) in [5.74, 6) is 0. The van der Waals surface area contributed by atoms with Crippen molar-refractivity contribution >= 4 is 32.7 Å². The molecule has 4 nitrogen and oxygen atoms in total. The highest BCUT2D eigenvalue weighted by atomic mass is 32.1. The number of fused-ring (bicyclic) bond motifs is 1. The van der Waals surface area contributed by atoms with Gasteiger partial charge in [0.05, 0.1) is 10.2 Å². The summed E-state index contributed by atoms with van der Waals surface area (Å²) in [5, 5.41) is 6.32. The smallest absolute Gasteiger partial charge is 0.321 e. The fourth-order valence-electron chi connectivity index (χ4n) is 2.39. The third kappa shape index (κ3) is 3.68. The molecular formula is C18H19N3OS. The van der Waals surface area contributed by atoms with Crippen LogP contribution in [0.15, 0.2) is 42.5 Å². The van der Waals surface area contributed by atoms with Crippen molar-refractivity contribution in [2.24, 2.45) is 0 Å². The van der Waals surface area contributed by atoms with Crippen LogP contribution in [0.3, 0.4) is 0 Å². The van der Waals surface area contributed by atoms with E-state index in [1.165, 1.54) is 22.5 Å². The average Bonchev–Trinajstić information content (AvgIpc) is 2.95. The van der Waals surface area contributed by atoms with E-state index in [0.29, 0.717) is 11.7 Å². The molecule has 3 rings (SSSR count). The SMILES string of the molecule is Cc1ccc2sc(NC(=O)NCCc3ccccc3)nc2c1C. The topological polar surface area (TPSA) is 54.0 Å². The van der Waals surface area contributed by atoms with E-state index in [1.54, 1.807) is 0 Å². The third-order valence-corrected chi connectivity index (χ3v) is 4.78. The Bertz CT molecular complexity index is 827. The lowest BCUT2D eigenvalue weighted by atomic mass is 10.1.